The molecule has 1 aliphatic rings. The molecule has 0 aliphatic carbocycles. The number of nitrogens with one attached hydrogen (secondary N) is 1. The zero-order chi connectivity index (χ0) is 20.3. The maximum atomic E-state index is 12.9. The van der Waals surface area contributed by atoms with Crippen molar-refractivity contribution in [2.24, 2.45) is 10.2 Å². The van der Waals surface area contributed by atoms with Crippen LogP contribution in [-0.2, 0) is 17.4 Å². The summed E-state index contributed by atoms with van der Waals surface area (Å²) in [5.74, 6) is -0.360. The molecule has 3 rings (SSSR count). The first-order valence-electron chi connectivity index (χ1n) is 7.96. The minimum atomic E-state index is -4.49. The van der Waals surface area contributed by atoms with Crippen molar-refractivity contribution in [1.82, 2.24) is 5.32 Å². The summed E-state index contributed by atoms with van der Waals surface area (Å²) in [6.07, 6.45) is -3.15. The zero-order valence-corrected chi connectivity index (χ0v) is 15.6. The molecule has 146 valence electrons. The highest BCUT2D eigenvalue weighted by molar-refractivity contribution is 8.15. The molecule has 1 saturated heterocycles. The topological polar surface area (TPSA) is 74.0 Å². The number of rotatable bonds is 4. The number of alkyl halides is 3. The van der Waals surface area contributed by atoms with E-state index in [1.807, 2.05) is 0 Å². The standard InChI is InChI=1S/C18H13ClF3N3O2S/c19-13-6-5-12(18(20,21)22)7-11(13)8-15-16(27)24-17(28-15)25-23-9-10-3-1-2-4-14(10)26/h1-7,9,15,26H,8H2,(H,24,25,27)/b23-9-/t15-/m0/s1. The van der Waals surface area contributed by atoms with Crippen molar-refractivity contribution >= 4 is 40.7 Å². The SMILES string of the molecule is O=C1N/C(=N/N=C\c2ccccc2O)S[C@H]1Cc1cc(C(F)(F)F)ccc1Cl. The molecule has 2 aromatic carbocycles. The predicted octanol–water partition coefficient (Wildman–Crippen LogP) is 4.23. The Hall–Kier alpha value is -2.52. The van der Waals surface area contributed by atoms with Crippen molar-refractivity contribution in [2.75, 3.05) is 0 Å². The number of hydrogen-bond donors (Lipinski definition) is 2. The van der Waals surface area contributed by atoms with E-state index < -0.39 is 22.9 Å². The van der Waals surface area contributed by atoms with E-state index in [-0.39, 0.29) is 27.9 Å². The Balaban J connectivity index is 1.71. The summed E-state index contributed by atoms with van der Waals surface area (Å²) in [7, 11) is 0. The Morgan fingerprint density at radius 2 is 2.00 bits per heavy atom. The summed E-state index contributed by atoms with van der Waals surface area (Å²) < 4.78 is 38.6. The molecule has 5 nitrogen and oxygen atoms in total. The van der Waals surface area contributed by atoms with Crippen LogP contribution in [0.3, 0.4) is 0 Å². The first kappa shape index (κ1) is 20.2. The van der Waals surface area contributed by atoms with Crippen LogP contribution in [0, 0.1) is 0 Å². The number of benzene rings is 2. The normalized spacial score (nSPS) is 18.8. The molecule has 2 aromatic rings. The largest absolute Gasteiger partial charge is 0.507 e. The van der Waals surface area contributed by atoms with E-state index in [0.717, 1.165) is 23.9 Å². The molecule has 1 fully saturated rings. The lowest BCUT2D eigenvalue weighted by Gasteiger charge is -2.12. The van der Waals surface area contributed by atoms with E-state index in [4.69, 9.17) is 11.6 Å². The van der Waals surface area contributed by atoms with Gasteiger partial charge in [-0.15, -0.1) is 5.10 Å². The van der Waals surface area contributed by atoms with Crippen LogP contribution in [0.15, 0.2) is 52.7 Å². The number of thioether (sulfide) groups is 1. The first-order valence-corrected chi connectivity index (χ1v) is 9.22. The number of carbonyl (C=O) groups is 1. The number of amidine groups is 1. The van der Waals surface area contributed by atoms with Gasteiger partial charge in [0.1, 0.15) is 5.75 Å². The third kappa shape index (κ3) is 4.85. The zero-order valence-electron chi connectivity index (χ0n) is 14.1. The van der Waals surface area contributed by atoms with Crippen LogP contribution in [0.4, 0.5) is 13.2 Å². The van der Waals surface area contributed by atoms with Gasteiger partial charge in [0, 0.05) is 10.6 Å². The van der Waals surface area contributed by atoms with Crippen molar-refractivity contribution in [3.05, 3.63) is 64.2 Å². The van der Waals surface area contributed by atoms with E-state index in [9.17, 15) is 23.1 Å². The van der Waals surface area contributed by atoms with Crippen LogP contribution in [-0.4, -0.2) is 27.6 Å². The summed E-state index contributed by atoms with van der Waals surface area (Å²) in [6.45, 7) is 0. The fourth-order valence-electron chi connectivity index (χ4n) is 2.43. The van der Waals surface area contributed by atoms with Crippen LogP contribution in [0.5, 0.6) is 5.75 Å². The van der Waals surface area contributed by atoms with Gasteiger partial charge in [-0.3, -0.25) is 4.79 Å². The Labute approximate surface area is 167 Å². The monoisotopic (exact) mass is 427 g/mol. The van der Waals surface area contributed by atoms with Gasteiger partial charge in [0.25, 0.3) is 0 Å². The van der Waals surface area contributed by atoms with E-state index >= 15 is 0 Å². The molecular formula is C18H13ClF3N3O2S. The Morgan fingerprint density at radius 3 is 2.71 bits per heavy atom. The third-order valence-electron chi connectivity index (χ3n) is 3.84. The van der Waals surface area contributed by atoms with Crippen LogP contribution >= 0.6 is 23.4 Å². The Bertz CT molecular complexity index is 963. The quantitative estimate of drug-likeness (QED) is 0.566. The average molecular weight is 428 g/mol. The lowest BCUT2D eigenvalue weighted by Crippen LogP contribution is -2.26. The summed E-state index contributed by atoms with van der Waals surface area (Å²) in [6, 6.07) is 9.52. The van der Waals surface area contributed by atoms with Crippen LogP contribution in [0.2, 0.25) is 5.02 Å². The number of para-hydroxylation sites is 1. The van der Waals surface area contributed by atoms with Crippen LogP contribution < -0.4 is 5.32 Å². The average Bonchev–Trinajstić information content (AvgIpc) is 2.97. The summed E-state index contributed by atoms with van der Waals surface area (Å²) in [5.41, 5.74) is -0.145. The van der Waals surface area contributed by atoms with Crippen molar-refractivity contribution in [1.29, 1.82) is 0 Å². The van der Waals surface area contributed by atoms with Crippen molar-refractivity contribution in [3.8, 4) is 5.75 Å². The van der Waals surface area contributed by atoms with Gasteiger partial charge in [0.2, 0.25) is 5.91 Å². The molecule has 0 radical (unpaired) electrons. The van der Waals surface area contributed by atoms with E-state index in [2.05, 4.69) is 15.5 Å². The van der Waals surface area contributed by atoms with E-state index in [1.165, 1.54) is 18.3 Å². The fraction of sp³-hybridized carbons (Fsp3) is 0.167. The smallest absolute Gasteiger partial charge is 0.416 e. The summed E-state index contributed by atoms with van der Waals surface area (Å²) >= 11 is 7.04. The number of aromatic hydroxyl groups is 1. The minimum absolute atomic E-state index is 0.0153. The summed E-state index contributed by atoms with van der Waals surface area (Å²) in [5, 5.41) is 19.6. The molecule has 1 atom stereocenters. The minimum Gasteiger partial charge on any atom is -0.507 e. The van der Waals surface area contributed by atoms with Gasteiger partial charge in [0.15, 0.2) is 5.17 Å². The van der Waals surface area contributed by atoms with Crippen molar-refractivity contribution in [2.45, 2.75) is 17.8 Å². The maximum absolute atomic E-state index is 12.9. The number of amides is 1. The number of carbonyl (C=O) groups excluding carboxylic acids is 1. The number of hydrogen-bond acceptors (Lipinski definition) is 5. The van der Waals surface area contributed by atoms with Gasteiger partial charge in [0.05, 0.1) is 17.0 Å². The first-order chi connectivity index (χ1) is 13.2. The van der Waals surface area contributed by atoms with E-state index in [1.54, 1.807) is 18.2 Å². The number of phenols is 1. The van der Waals surface area contributed by atoms with Gasteiger partial charge in [-0.1, -0.05) is 35.5 Å². The second kappa shape index (κ2) is 8.24. The summed E-state index contributed by atoms with van der Waals surface area (Å²) in [4.78, 5) is 12.1. The number of nitrogens with zero attached hydrogens (tertiary/aromatic N) is 2. The molecule has 1 heterocycles. The molecule has 10 heteroatoms. The molecule has 0 unspecified atom stereocenters. The van der Waals surface area contributed by atoms with E-state index in [0.29, 0.717) is 5.56 Å². The van der Waals surface area contributed by atoms with Gasteiger partial charge in [-0.25, -0.2) is 0 Å². The molecule has 0 aromatic heterocycles. The highest BCUT2D eigenvalue weighted by Gasteiger charge is 2.34. The van der Waals surface area contributed by atoms with Gasteiger partial charge >= 0.3 is 6.18 Å². The van der Waals surface area contributed by atoms with Crippen LogP contribution in [0.1, 0.15) is 16.7 Å². The Morgan fingerprint density at radius 1 is 1.25 bits per heavy atom. The fourth-order valence-corrected chi connectivity index (χ4v) is 3.58. The van der Waals surface area contributed by atoms with Crippen LogP contribution in [0.25, 0.3) is 0 Å². The van der Waals surface area contributed by atoms with Gasteiger partial charge < -0.3 is 10.4 Å². The van der Waals surface area contributed by atoms with Crippen molar-refractivity contribution < 1.29 is 23.1 Å². The Kier molecular flexibility index (Phi) is 5.95. The molecule has 28 heavy (non-hydrogen) atoms. The lowest BCUT2D eigenvalue weighted by molar-refractivity contribution is -0.137. The highest BCUT2D eigenvalue weighted by Crippen LogP contribution is 2.33. The predicted molar refractivity (Wildman–Crippen MR) is 103 cm³/mol. The van der Waals surface area contributed by atoms with Gasteiger partial charge in [-0.2, -0.15) is 18.3 Å². The second-order valence-corrected chi connectivity index (χ2v) is 7.41. The molecular weight excluding hydrogens is 415 g/mol. The highest BCUT2D eigenvalue weighted by atomic mass is 35.5. The molecule has 1 aliphatic heterocycles. The molecule has 0 spiro atoms. The molecule has 1 amide bonds. The number of phenolic OH excluding ortho intramolecular Hbond substituents is 1. The van der Waals surface area contributed by atoms with Gasteiger partial charge in [-0.05, 0) is 42.3 Å². The molecule has 0 saturated carbocycles. The lowest BCUT2D eigenvalue weighted by atomic mass is 10.1. The second-order valence-electron chi connectivity index (χ2n) is 5.81. The molecule has 2 N–H and O–H groups in total. The molecule has 0 bridgehead atoms. The third-order valence-corrected chi connectivity index (χ3v) is 5.28. The van der Waals surface area contributed by atoms with Crippen molar-refractivity contribution in [3.63, 3.8) is 0 Å². The number of halogens is 4. The maximum Gasteiger partial charge on any atom is 0.416 e.